The second-order valence-corrected chi connectivity index (χ2v) is 15.0. The zero-order valence-corrected chi connectivity index (χ0v) is 33.9. The predicted molar refractivity (Wildman–Crippen MR) is 213 cm³/mol. The molecule has 0 unspecified atom stereocenters. The molecular weight excluding hydrogens is 754 g/mol. The molecule has 2 aromatic carbocycles. The number of rotatable bonds is 21. The predicted octanol–water partition coefficient (Wildman–Crippen LogP) is 1.88. The van der Waals surface area contributed by atoms with Crippen molar-refractivity contribution in [2.75, 3.05) is 33.3 Å². The van der Waals surface area contributed by atoms with Crippen LogP contribution in [0.2, 0.25) is 0 Å². The first-order valence-corrected chi connectivity index (χ1v) is 19.1. The molecule has 0 saturated heterocycles. The van der Waals surface area contributed by atoms with E-state index in [1.165, 1.54) is 11.8 Å². The van der Waals surface area contributed by atoms with Crippen LogP contribution in [0.3, 0.4) is 0 Å². The number of aliphatic hydroxyl groups is 1. The second-order valence-electron chi connectivity index (χ2n) is 15.0. The molecule has 1 aromatic heterocycles. The Morgan fingerprint density at radius 3 is 2.17 bits per heavy atom. The number of carbonyl (C=O) groups is 6. The topological polar surface area (TPSA) is 217 Å². The van der Waals surface area contributed by atoms with Crippen molar-refractivity contribution >= 4 is 35.4 Å². The van der Waals surface area contributed by atoms with Gasteiger partial charge in [-0.1, -0.05) is 58.0 Å². The number of nitrogens with zero attached hydrogens (tertiary/aromatic N) is 2. The highest BCUT2D eigenvalue weighted by Gasteiger charge is 2.38. The highest BCUT2D eigenvalue weighted by Crippen LogP contribution is 2.41. The molecule has 17 heteroatoms. The van der Waals surface area contributed by atoms with E-state index in [0.717, 1.165) is 23.8 Å². The van der Waals surface area contributed by atoms with E-state index < -0.39 is 89.7 Å². The van der Waals surface area contributed by atoms with E-state index in [9.17, 15) is 38.3 Å². The quantitative estimate of drug-likeness (QED) is 0.0787. The smallest absolute Gasteiger partial charge is 0.248 e. The van der Waals surface area contributed by atoms with Gasteiger partial charge in [0.15, 0.2) is 0 Å². The lowest BCUT2D eigenvalue weighted by Crippen LogP contribution is -2.57. The van der Waals surface area contributed by atoms with Gasteiger partial charge in [-0.2, -0.15) is 0 Å². The Hall–Kier alpha value is -5.68. The van der Waals surface area contributed by atoms with Gasteiger partial charge in [-0.05, 0) is 55.6 Å². The number of nitrogens with one attached hydrogen (secondary N) is 5. The minimum Gasteiger partial charge on any atom is -0.387 e. The Bertz CT molecular complexity index is 1900. The summed E-state index contributed by atoms with van der Waals surface area (Å²) in [4.78, 5) is 79.3. The fourth-order valence-corrected chi connectivity index (χ4v) is 6.46. The third-order valence-electron chi connectivity index (χ3n) is 9.33. The van der Waals surface area contributed by atoms with Crippen LogP contribution in [0.4, 0.5) is 8.78 Å². The standard InChI is InChI=1S/C41H56F2N8O7/c1-7-35(54)47-25(2)38(56)49-32(21-34(44)53)40(58)48-31(39(57)46-17-16-45-6)15-18-51(36(55)24-52)37(41(3,4)5)33-19-27(29-20-28(42)13-14-30(29)43)23-50(33)22-26-11-9-8-10-12-26/h8-14,19-20,23,25,31-32,37,45,52H,7,15-18,21-22,24H2,1-6H3,(H2,44,53)(H,46,57)(H,47,54)(H,48,58)(H,49,56)/t25-,31-,32-,37-/m0/s1. The maximum Gasteiger partial charge on any atom is 0.248 e. The number of aromatic nitrogens is 1. The van der Waals surface area contributed by atoms with E-state index >= 15 is 4.39 Å². The van der Waals surface area contributed by atoms with E-state index in [-0.39, 0.29) is 38.0 Å². The largest absolute Gasteiger partial charge is 0.387 e. The van der Waals surface area contributed by atoms with Gasteiger partial charge in [0.05, 0.1) is 12.5 Å². The second kappa shape index (κ2) is 21.7. The number of halogens is 2. The van der Waals surface area contributed by atoms with Gasteiger partial charge in [0.1, 0.15) is 36.4 Å². The maximum absolute atomic E-state index is 15.2. The minimum atomic E-state index is -1.53. The van der Waals surface area contributed by atoms with Crippen LogP contribution < -0.4 is 32.3 Å². The molecule has 3 rings (SSSR count). The SMILES string of the molecule is CCC(=O)N[C@@H](C)C(=O)N[C@@H](CC(N)=O)C(=O)N[C@@H](CCN(C(=O)CO)[C@@H](c1cc(-c2cc(F)ccc2F)cn1Cc1ccccc1)C(C)(C)C)C(=O)NCCNC. The van der Waals surface area contributed by atoms with Crippen LogP contribution in [0, 0.1) is 17.0 Å². The summed E-state index contributed by atoms with van der Waals surface area (Å²) in [6.07, 6.45) is 0.930. The number of amides is 6. The first-order valence-electron chi connectivity index (χ1n) is 19.1. The molecule has 0 bridgehead atoms. The molecule has 0 aliphatic rings. The van der Waals surface area contributed by atoms with Gasteiger partial charge in [0, 0.05) is 55.6 Å². The van der Waals surface area contributed by atoms with Gasteiger partial charge in [0.2, 0.25) is 35.4 Å². The van der Waals surface area contributed by atoms with E-state index in [1.807, 2.05) is 55.7 Å². The number of nitrogens with two attached hydrogens (primary N) is 1. The van der Waals surface area contributed by atoms with Crippen molar-refractivity contribution in [1.29, 1.82) is 0 Å². The molecule has 1 heterocycles. The summed E-state index contributed by atoms with van der Waals surface area (Å²) in [7, 11) is 1.68. The molecular formula is C41H56F2N8O7. The third-order valence-corrected chi connectivity index (χ3v) is 9.33. The van der Waals surface area contributed by atoms with Gasteiger partial charge in [-0.15, -0.1) is 0 Å². The van der Waals surface area contributed by atoms with Crippen molar-refractivity contribution in [3.05, 3.63) is 83.7 Å². The van der Waals surface area contributed by atoms with Gasteiger partial charge < -0.3 is 46.9 Å². The molecule has 8 N–H and O–H groups in total. The van der Waals surface area contributed by atoms with Crippen molar-refractivity contribution in [2.24, 2.45) is 11.1 Å². The van der Waals surface area contributed by atoms with Crippen LogP contribution in [0.5, 0.6) is 0 Å². The van der Waals surface area contributed by atoms with Crippen molar-refractivity contribution in [1.82, 2.24) is 36.1 Å². The number of likely N-dealkylation sites (N-methyl/N-ethyl adjacent to an activating group) is 1. The Balaban J connectivity index is 2.07. The third kappa shape index (κ3) is 13.5. The lowest BCUT2D eigenvalue weighted by Gasteiger charge is -2.41. The molecule has 58 heavy (non-hydrogen) atoms. The fourth-order valence-electron chi connectivity index (χ4n) is 6.46. The number of carbonyl (C=O) groups excluding carboxylic acids is 6. The van der Waals surface area contributed by atoms with Crippen molar-refractivity contribution < 1.29 is 42.7 Å². The molecule has 6 amide bonds. The van der Waals surface area contributed by atoms with Gasteiger partial charge in [-0.3, -0.25) is 28.8 Å². The summed E-state index contributed by atoms with van der Waals surface area (Å²) >= 11 is 0. The number of aliphatic hydroxyl groups excluding tert-OH is 1. The Labute approximate surface area is 337 Å². The van der Waals surface area contributed by atoms with Crippen LogP contribution in [-0.4, -0.2) is 101 Å². The number of hydrogen-bond donors (Lipinski definition) is 7. The zero-order chi connectivity index (χ0) is 43.2. The average molecular weight is 811 g/mol. The summed E-state index contributed by atoms with van der Waals surface area (Å²) in [5, 5.41) is 23.4. The molecule has 0 fully saturated rings. The minimum absolute atomic E-state index is 0.00140. The summed E-state index contributed by atoms with van der Waals surface area (Å²) in [5.74, 6) is -5.71. The number of hydrogen-bond acceptors (Lipinski definition) is 8. The van der Waals surface area contributed by atoms with Gasteiger partial charge >= 0.3 is 0 Å². The van der Waals surface area contributed by atoms with Crippen molar-refractivity contribution in [3.63, 3.8) is 0 Å². The molecule has 316 valence electrons. The van der Waals surface area contributed by atoms with E-state index in [0.29, 0.717) is 17.8 Å². The molecule has 0 radical (unpaired) electrons. The lowest BCUT2D eigenvalue weighted by molar-refractivity contribution is -0.140. The lowest BCUT2D eigenvalue weighted by atomic mass is 9.82. The first-order chi connectivity index (χ1) is 27.4. The van der Waals surface area contributed by atoms with E-state index in [2.05, 4.69) is 26.6 Å². The number of benzene rings is 2. The molecule has 0 aliphatic heterocycles. The monoisotopic (exact) mass is 810 g/mol. The first kappa shape index (κ1) is 46.7. The molecule has 4 atom stereocenters. The molecule has 3 aromatic rings. The highest BCUT2D eigenvalue weighted by molar-refractivity contribution is 5.96. The van der Waals surface area contributed by atoms with Crippen LogP contribution >= 0.6 is 0 Å². The van der Waals surface area contributed by atoms with E-state index in [4.69, 9.17) is 5.73 Å². The highest BCUT2D eigenvalue weighted by atomic mass is 19.1. The fraction of sp³-hybridized carbons (Fsp3) is 0.463. The van der Waals surface area contributed by atoms with Crippen molar-refractivity contribution in [2.45, 2.75) is 84.6 Å². The molecule has 0 aliphatic carbocycles. The van der Waals surface area contributed by atoms with E-state index in [1.54, 1.807) is 26.2 Å². The Kier molecular flexibility index (Phi) is 17.5. The summed E-state index contributed by atoms with van der Waals surface area (Å²) in [6.45, 7) is 8.27. The summed E-state index contributed by atoms with van der Waals surface area (Å²) < 4.78 is 31.4. The molecule has 0 spiro atoms. The Morgan fingerprint density at radius 2 is 1.57 bits per heavy atom. The van der Waals surface area contributed by atoms with Crippen LogP contribution in [0.1, 0.15) is 71.2 Å². The average Bonchev–Trinajstić information content (AvgIpc) is 3.57. The maximum atomic E-state index is 15.2. The summed E-state index contributed by atoms with van der Waals surface area (Å²) in [5.41, 5.74) is 6.37. The molecule has 15 nitrogen and oxygen atoms in total. The van der Waals surface area contributed by atoms with Crippen LogP contribution in [-0.2, 0) is 35.3 Å². The van der Waals surface area contributed by atoms with Gasteiger partial charge in [-0.25, -0.2) is 8.78 Å². The normalized spacial score (nSPS) is 13.4. The molecule has 0 saturated carbocycles. The van der Waals surface area contributed by atoms with Crippen molar-refractivity contribution in [3.8, 4) is 11.1 Å². The van der Waals surface area contributed by atoms with Crippen LogP contribution in [0.15, 0.2) is 60.8 Å². The van der Waals surface area contributed by atoms with Gasteiger partial charge in [0.25, 0.3) is 0 Å². The number of primary amides is 1. The summed E-state index contributed by atoms with van der Waals surface area (Å²) in [6, 6.07) is 9.38. The zero-order valence-electron chi connectivity index (χ0n) is 33.9. The van der Waals surface area contributed by atoms with Crippen LogP contribution in [0.25, 0.3) is 11.1 Å². The Morgan fingerprint density at radius 1 is 0.897 bits per heavy atom.